The Morgan fingerprint density at radius 3 is 2.55 bits per heavy atom. The van der Waals surface area contributed by atoms with E-state index in [4.69, 9.17) is 5.73 Å². The molecular formula is C16H25Cl2N3O. The number of piperazine rings is 1. The van der Waals surface area contributed by atoms with E-state index >= 15 is 0 Å². The van der Waals surface area contributed by atoms with Crippen LogP contribution in [-0.4, -0.2) is 47.9 Å². The first-order chi connectivity index (χ1) is 9.72. The van der Waals surface area contributed by atoms with Crippen molar-refractivity contribution in [1.29, 1.82) is 0 Å². The second kappa shape index (κ2) is 8.61. The smallest absolute Gasteiger partial charge is 0.227 e. The molecule has 2 N–H and O–H groups in total. The van der Waals surface area contributed by atoms with Crippen molar-refractivity contribution in [3.63, 3.8) is 0 Å². The van der Waals surface area contributed by atoms with Gasteiger partial charge in [0.05, 0.1) is 6.42 Å². The number of nitrogens with two attached hydrogens (primary N) is 1. The monoisotopic (exact) mass is 345 g/mol. The average Bonchev–Trinajstić information content (AvgIpc) is 2.49. The van der Waals surface area contributed by atoms with Crippen molar-refractivity contribution in [3.8, 4) is 0 Å². The van der Waals surface area contributed by atoms with Gasteiger partial charge in [-0.15, -0.1) is 24.8 Å². The zero-order valence-corrected chi connectivity index (χ0v) is 14.4. The summed E-state index contributed by atoms with van der Waals surface area (Å²) in [6, 6.07) is 8.21. The number of rotatable bonds is 2. The van der Waals surface area contributed by atoms with Crippen molar-refractivity contribution >= 4 is 36.4 Å². The van der Waals surface area contributed by atoms with Gasteiger partial charge in [0, 0.05) is 31.4 Å². The fourth-order valence-corrected chi connectivity index (χ4v) is 3.30. The summed E-state index contributed by atoms with van der Waals surface area (Å²) in [5.41, 5.74) is 7.47. The highest BCUT2D eigenvalue weighted by atomic mass is 35.5. The van der Waals surface area contributed by atoms with Crippen LogP contribution in [0.15, 0.2) is 24.3 Å². The number of carbonyl (C=O) groups excluding carboxylic acids is 1. The largest absolute Gasteiger partial charge is 0.399 e. The number of hydrogen-bond acceptors (Lipinski definition) is 3. The number of halogens is 2. The number of anilines is 1. The summed E-state index contributed by atoms with van der Waals surface area (Å²) in [7, 11) is 0. The van der Waals surface area contributed by atoms with Gasteiger partial charge in [-0.05, 0) is 37.1 Å². The molecule has 0 radical (unpaired) electrons. The fraction of sp³-hybridized carbons (Fsp3) is 0.562. The van der Waals surface area contributed by atoms with Gasteiger partial charge in [0.1, 0.15) is 0 Å². The lowest BCUT2D eigenvalue weighted by Gasteiger charge is -2.44. The van der Waals surface area contributed by atoms with E-state index < -0.39 is 0 Å². The molecule has 1 atom stereocenters. The first-order valence-electron chi connectivity index (χ1n) is 7.58. The van der Waals surface area contributed by atoms with Crippen molar-refractivity contribution in [2.45, 2.75) is 31.7 Å². The van der Waals surface area contributed by atoms with Crippen LogP contribution in [0.25, 0.3) is 0 Å². The first kappa shape index (κ1) is 19.1. The molecule has 2 fully saturated rings. The summed E-state index contributed by atoms with van der Waals surface area (Å²) >= 11 is 0. The number of benzene rings is 1. The van der Waals surface area contributed by atoms with Gasteiger partial charge in [-0.1, -0.05) is 18.6 Å². The van der Waals surface area contributed by atoms with Crippen LogP contribution < -0.4 is 5.73 Å². The Kier molecular flexibility index (Phi) is 7.46. The number of nitrogens with zero attached hydrogens (tertiary/aromatic N) is 2. The van der Waals surface area contributed by atoms with E-state index in [1.807, 2.05) is 29.2 Å². The molecule has 0 spiro atoms. The lowest BCUT2D eigenvalue weighted by atomic mass is 9.99. The van der Waals surface area contributed by atoms with E-state index in [0.29, 0.717) is 12.5 Å². The van der Waals surface area contributed by atoms with Crippen LogP contribution in [0.1, 0.15) is 24.8 Å². The summed E-state index contributed by atoms with van der Waals surface area (Å²) in [4.78, 5) is 17.0. The van der Waals surface area contributed by atoms with E-state index in [1.54, 1.807) is 0 Å². The molecule has 124 valence electrons. The second-order valence-electron chi connectivity index (χ2n) is 5.94. The van der Waals surface area contributed by atoms with E-state index in [2.05, 4.69) is 4.90 Å². The number of hydrogen-bond donors (Lipinski definition) is 1. The summed E-state index contributed by atoms with van der Waals surface area (Å²) < 4.78 is 0. The molecule has 0 bridgehead atoms. The maximum absolute atomic E-state index is 12.4. The Bertz CT molecular complexity index is 481. The highest BCUT2D eigenvalue weighted by Crippen LogP contribution is 2.21. The summed E-state index contributed by atoms with van der Waals surface area (Å²) in [6.07, 6.45) is 4.36. The molecule has 22 heavy (non-hydrogen) atoms. The summed E-state index contributed by atoms with van der Waals surface area (Å²) in [5, 5.41) is 0. The Labute approximate surface area is 144 Å². The highest BCUT2D eigenvalue weighted by Gasteiger charge is 2.30. The number of nitrogen functional groups attached to an aromatic ring is 1. The van der Waals surface area contributed by atoms with Gasteiger partial charge in [-0.25, -0.2) is 0 Å². The third-order valence-corrected chi connectivity index (χ3v) is 4.53. The molecule has 1 aromatic carbocycles. The van der Waals surface area contributed by atoms with E-state index in [1.165, 1.54) is 25.8 Å². The SMILES string of the molecule is Cl.Cl.Nc1ccc(CC(=O)N2CCN3CCCCC3C2)cc1. The third kappa shape index (κ3) is 4.51. The number of fused-ring (bicyclic) bond motifs is 1. The molecule has 2 saturated heterocycles. The van der Waals surface area contributed by atoms with Crippen molar-refractivity contribution in [2.24, 2.45) is 0 Å². The maximum Gasteiger partial charge on any atom is 0.227 e. The van der Waals surface area contributed by atoms with Gasteiger partial charge in [0.15, 0.2) is 0 Å². The van der Waals surface area contributed by atoms with E-state index in [0.717, 1.165) is 30.9 Å². The van der Waals surface area contributed by atoms with Crippen LogP contribution in [0.5, 0.6) is 0 Å². The van der Waals surface area contributed by atoms with Crippen LogP contribution in [0.3, 0.4) is 0 Å². The predicted molar refractivity (Wildman–Crippen MR) is 94.8 cm³/mol. The fourth-order valence-electron chi connectivity index (χ4n) is 3.30. The number of amides is 1. The number of piperidine rings is 1. The van der Waals surface area contributed by atoms with Crippen LogP contribution in [-0.2, 0) is 11.2 Å². The minimum atomic E-state index is 0. The van der Waals surface area contributed by atoms with Gasteiger partial charge in [0.2, 0.25) is 5.91 Å². The van der Waals surface area contributed by atoms with Crippen molar-refractivity contribution < 1.29 is 4.79 Å². The molecule has 2 aliphatic heterocycles. The van der Waals surface area contributed by atoms with Gasteiger partial charge in [-0.3, -0.25) is 9.69 Å². The number of carbonyl (C=O) groups is 1. The zero-order valence-electron chi connectivity index (χ0n) is 12.7. The van der Waals surface area contributed by atoms with Crippen LogP contribution in [0.4, 0.5) is 5.69 Å². The van der Waals surface area contributed by atoms with Gasteiger partial charge >= 0.3 is 0 Å². The molecule has 2 aliphatic rings. The van der Waals surface area contributed by atoms with Crippen molar-refractivity contribution in [2.75, 3.05) is 31.9 Å². The molecule has 3 rings (SSSR count). The second-order valence-corrected chi connectivity index (χ2v) is 5.94. The zero-order chi connectivity index (χ0) is 13.9. The van der Waals surface area contributed by atoms with Crippen LogP contribution in [0, 0.1) is 0 Å². The minimum Gasteiger partial charge on any atom is -0.399 e. The average molecular weight is 346 g/mol. The van der Waals surface area contributed by atoms with Crippen LogP contribution >= 0.6 is 24.8 Å². The Morgan fingerprint density at radius 1 is 1.09 bits per heavy atom. The maximum atomic E-state index is 12.4. The Balaban J connectivity index is 0.00000121. The quantitative estimate of drug-likeness (QED) is 0.837. The highest BCUT2D eigenvalue weighted by molar-refractivity contribution is 5.85. The molecule has 6 heteroatoms. The first-order valence-corrected chi connectivity index (χ1v) is 7.58. The molecule has 2 heterocycles. The molecular weight excluding hydrogens is 321 g/mol. The topological polar surface area (TPSA) is 49.6 Å². The van der Waals surface area contributed by atoms with Gasteiger partial charge in [0.25, 0.3) is 0 Å². The van der Waals surface area contributed by atoms with Crippen molar-refractivity contribution in [1.82, 2.24) is 9.80 Å². The molecule has 1 unspecified atom stereocenters. The lowest BCUT2D eigenvalue weighted by Crippen LogP contribution is -2.56. The van der Waals surface area contributed by atoms with Crippen molar-refractivity contribution in [3.05, 3.63) is 29.8 Å². The Hall–Kier alpha value is -0.970. The van der Waals surface area contributed by atoms with Gasteiger partial charge < -0.3 is 10.6 Å². The lowest BCUT2D eigenvalue weighted by molar-refractivity contribution is -0.134. The third-order valence-electron chi connectivity index (χ3n) is 4.53. The summed E-state index contributed by atoms with van der Waals surface area (Å²) in [5.74, 6) is 0.250. The van der Waals surface area contributed by atoms with E-state index in [9.17, 15) is 4.79 Å². The molecule has 1 aromatic rings. The molecule has 0 aromatic heterocycles. The summed E-state index contributed by atoms with van der Waals surface area (Å²) in [6.45, 7) is 4.04. The molecule has 4 nitrogen and oxygen atoms in total. The standard InChI is InChI=1S/C16H23N3O.2ClH/c17-14-6-4-13(5-7-14)11-16(20)19-10-9-18-8-2-1-3-15(18)12-19;;/h4-7,15H,1-3,8-12,17H2;2*1H. The molecule has 0 aliphatic carbocycles. The normalized spacial score (nSPS) is 21.3. The molecule has 1 amide bonds. The minimum absolute atomic E-state index is 0. The molecule has 0 saturated carbocycles. The van der Waals surface area contributed by atoms with Gasteiger partial charge in [-0.2, -0.15) is 0 Å². The predicted octanol–water partition coefficient (Wildman–Crippen LogP) is 2.35. The Morgan fingerprint density at radius 2 is 1.82 bits per heavy atom. The van der Waals surface area contributed by atoms with Crippen LogP contribution in [0.2, 0.25) is 0 Å². The van der Waals surface area contributed by atoms with E-state index in [-0.39, 0.29) is 30.7 Å².